The number of hydrogen-bond donors (Lipinski definition) is 1. The number of aliphatic carboxylic acids is 1. The zero-order valence-electron chi connectivity index (χ0n) is 10.3. The van der Waals surface area contributed by atoms with Gasteiger partial charge >= 0.3 is 11.9 Å². The molecule has 5 nitrogen and oxygen atoms in total. The predicted octanol–water partition coefficient (Wildman–Crippen LogP) is 2.55. The van der Waals surface area contributed by atoms with Crippen molar-refractivity contribution in [3.05, 3.63) is 23.7 Å². The Labute approximate surface area is 109 Å². The summed E-state index contributed by atoms with van der Waals surface area (Å²) in [6.07, 6.45) is 1.52. The molecule has 0 aliphatic rings. The molecule has 1 atom stereocenters. The first-order chi connectivity index (χ1) is 8.54. The Kier molecular flexibility index (Phi) is 5.77. The van der Waals surface area contributed by atoms with Crippen LogP contribution in [0.4, 0.5) is 0 Å². The SMILES string of the molecule is CCOC(=O)c1ccoc1CSC(C)CC(=O)O. The summed E-state index contributed by atoms with van der Waals surface area (Å²) in [6, 6.07) is 1.57. The number of thioether (sulfide) groups is 1. The van der Waals surface area contributed by atoms with E-state index in [0.29, 0.717) is 23.7 Å². The zero-order valence-corrected chi connectivity index (χ0v) is 11.2. The van der Waals surface area contributed by atoms with Gasteiger partial charge in [-0.25, -0.2) is 4.79 Å². The molecule has 1 aromatic heterocycles. The van der Waals surface area contributed by atoms with Crippen LogP contribution in [0.25, 0.3) is 0 Å². The highest BCUT2D eigenvalue weighted by atomic mass is 32.2. The first-order valence-corrected chi connectivity index (χ1v) is 6.66. The van der Waals surface area contributed by atoms with Crippen LogP contribution < -0.4 is 0 Å². The van der Waals surface area contributed by atoms with Gasteiger partial charge in [0.2, 0.25) is 0 Å². The van der Waals surface area contributed by atoms with Crippen LogP contribution in [-0.4, -0.2) is 28.9 Å². The minimum Gasteiger partial charge on any atom is -0.481 e. The number of esters is 1. The lowest BCUT2D eigenvalue weighted by atomic mass is 10.3. The van der Waals surface area contributed by atoms with Gasteiger partial charge in [-0.2, -0.15) is 11.8 Å². The van der Waals surface area contributed by atoms with E-state index in [4.69, 9.17) is 14.3 Å². The standard InChI is InChI=1S/C12H16O5S/c1-3-16-12(15)9-4-5-17-10(9)7-18-8(2)6-11(13)14/h4-5,8H,3,6-7H2,1-2H3,(H,13,14). The number of ether oxygens (including phenoxy) is 1. The monoisotopic (exact) mass is 272 g/mol. The average molecular weight is 272 g/mol. The maximum absolute atomic E-state index is 11.6. The molecule has 0 radical (unpaired) electrons. The summed E-state index contributed by atoms with van der Waals surface area (Å²) in [5.41, 5.74) is 0.409. The van der Waals surface area contributed by atoms with Gasteiger partial charge in [0.05, 0.1) is 25.0 Å². The Morgan fingerprint density at radius 2 is 2.28 bits per heavy atom. The molecule has 0 amide bonds. The zero-order chi connectivity index (χ0) is 13.5. The van der Waals surface area contributed by atoms with Crippen LogP contribution in [-0.2, 0) is 15.3 Å². The number of carboxylic acids is 1. The van der Waals surface area contributed by atoms with E-state index in [1.165, 1.54) is 18.0 Å². The molecule has 1 heterocycles. The number of carbonyl (C=O) groups excluding carboxylic acids is 1. The van der Waals surface area contributed by atoms with Gasteiger partial charge in [0.1, 0.15) is 11.3 Å². The van der Waals surface area contributed by atoms with Crippen molar-refractivity contribution in [2.75, 3.05) is 6.61 Å². The summed E-state index contributed by atoms with van der Waals surface area (Å²) >= 11 is 1.43. The van der Waals surface area contributed by atoms with Crippen LogP contribution in [0.15, 0.2) is 16.7 Å². The molecule has 1 rings (SSSR count). The van der Waals surface area contributed by atoms with Crippen molar-refractivity contribution in [3.63, 3.8) is 0 Å². The van der Waals surface area contributed by atoms with Gasteiger partial charge in [-0.1, -0.05) is 6.92 Å². The maximum Gasteiger partial charge on any atom is 0.341 e. The number of hydrogen-bond acceptors (Lipinski definition) is 5. The van der Waals surface area contributed by atoms with Crippen molar-refractivity contribution in [1.82, 2.24) is 0 Å². The number of carboxylic acid groups (broad SMARTS) is 1. The van der Waals surface area contributed by atoms with Gasteiger partial charge in [0, 0.05) is 5.25 Å². The highest BCUT2D eigenvalue weighted by Gasteiger charge is 2.17. The molecule has 1 N–H and O–H groups in total. The largest absolute Gasteiger partial charge is 0.481 e. The van der Waals surface area contributed by atoms with E-state index in [9.17, 15) is 9.59 Å². The molecule has 0 saturated carbocycles. The molecule has 0 fully saturated rings. The Morgan fingerprint density at radius 3 is 2.89 bits per heavy atom. The van der Waals surface area contributed by atoms with Crippen LogP contribution in [0, 0.1) is 0 Å². The molecule has 0 bridgehead atoms. The lowest BCUT2D eigenvalue weighted by Crippen LogP contribution is -2.08. The fourth-order valence-electron chi connectivity index (χ4n) is 1.37. The van der Waals surface area contributed by atoms with Crippen LogP contribution in [0.3, 0.4) is 0 Å². The molecule has 0 spiro atoms. The van der Waals surface area contributed by atoms with Gasteiger partial charge in [0.15, 0.2) is 0 Å². The number of furan rings is 1. The lowest BCUT2D eigenvalue weighted by molar-refractivity contribution is -0.136. The summed E-state index contributed by atoms with van der Waals surface area (Å²) in [7, 11) is 0. The molecule has 0 aromatic carbocycles. The summed E-state index contributed by atoms with van der Waals surface area (Å²) in [4.78, 5) is 22.1. The number of rotatable bonds is 7. The fourth-order valence-corrected chi connectivity index (χ4v) is 2.29. The molecular weight excluding hydrogens is 256 g/mol. The number of carbonyl (C=O) groups is 2. The van der Waals surface area contributed by atoms with E-state index in [2.05, 4.69) is 0 Å². The second-order valence-electron chi connectivity index (χ2n) is 3.70. The minimum atomic E-state index is -0.833. The van der Waals surface area contributed by atoms with E-state index >= 15 is 0 Å². The predicted molar refractivity (Wildman–Crippen MR) is 67.7 cm³/mol. The highest BCUT2D eigenvalue weighted by molar-refractivity contribution is 7.99. The summed E-state index contributed by atoms with van der Waals surface area (Å²) in [6.45, 7) is 3.87. The van der Waals surface area contributed by atoms with Crippen molar-refractivity contribution in [2.45, 2.75) is 31.3 Å². The average Bonchev–Trinajstić information content (AvgIpc) is 2.73. The normalized spacial score (nSPS) is 12.1. The third-order valence-corrected chi connectivity index (χ3v) is 3.37. The maximum atomic E-state index is 11.6. The van der Waals surface area contributed by atoms with Crippen LogP contribution >= 0.6 is 11.8 Å². The quantitative estimate of drug-likeness (QED) is 0.769. The van der Waals surface area contributed by atoms with Gasteiger partial charge in [-0.05, 0) is 13.0 Å². The first kappa shape index (κ1) is 14.6. The Bertz CT molecular complexity index is 412. The van der Waals surface area contributed by atoms with Gasteiger partial charge in [-0.3, -0.25) is 4.79 Å². The fraction of sp³-hybridized carbons (Fsp3) is 0.500. The third kappa shape index (κ3) is 4.44. The van der Waals surface area contributed by atoms with Crippen molar-refractivity contribution >= 4 is 23.7 Å². The van der Waals surface area contributed by atoms with Crippen molar-refractivity contribution < 1.29 is 23.8 Å². The van der Waals surface area contributed by atoms with E-state index in [1.54, 1.807) is 13.0 Å². The molecule has 0 aliphatic carbocycles. The summed E-state index contributed by atoms with van der Waals surface area (Å²) < 4.78 is 10.1. The summed E-state index contributed by atoms with van der Waals surface area (Å²) in [5, 5.41) is 8.60. The molecule has 1 aromatic rings. The second kappa shape index (κ2) is 7.10. The van der Waals surface area contributed by atoms with Crippen molar-refractivity contribution in [3.8, 4) is 0 Å². The van der Waals surface area contributed by atoms with Crippen molar-refractivity contribution in [2.24, 2.45) is 0 Å². The van der Waals surface area contributed by atoms with E-state index in [-0.39, 0.29) is 11.7 Å². The van der Waals surface area contributed by atoms with E-state index in [0.717, 1.165) is 0 Å². The van der Waals surface area contributed by atoms with Crippen LogP contribution in [0.1, 0.15) is 36.4 Å². The molecule has 1 unspecified atom stereocenters. The third-order valence-electron chi connectivity index (χ3n) is 2.20. The first-order valence-electron chi connectivity index (χ1n) is 5.61. The van der Waals surface area contributed by atoms with E-state index in [1.807, 2.05) is 6.92 Å². The Morgan fingerprint density at radius 1 is 1.56 bits per heavy atom. The molecule has 18 heavy (non-hydrogen) atoms. The molecule has 0 saturated heterocycles. The van der Waals surface area contributed by atoms with Gasteiger partial charge < -0.3 is 14.3 Å². The molecule has 6 heteroatoms. The van der Waals surface area contributed by atoms with Crippen molar-refractivity contribution in [1.29, 1.82) is 0 Å². The minimum absolute atomic E-state index is 0.0392. The Balaban J connectivity index is 2.55. The van der Waals surface area contributed by atoms with Crippen LogP contribution in [0.2, 0.25) is 0 Å². The van der Waals surface area contributed by atoms with Gasteiger partial charge in [0.25, 0.3) is 0 Å². The van der Waals surface area contributed by atoms with Gasteiger partial charge in [-0.15, -0.1) is 0 Å². The second-order valence-corrected chi connectivity index (χ2v) is 5.12. The Hall–Kier alpha value is -1.43. The van der Waals surface area contributed by atoms with E-state index < -0.39 is 11.9 Å². The molecule has 100 valence electrons. The summed E-state index contributed by atoms with van der Waals surface area (Å²) in [5.74, 6) is -0.265. The molecular formula is C12H16O5S. The topological polar surface area (TPSA) is 76.7 Å². The van der Waals surface area contributed by atoms with Crippen LogP contribution in [0.5, 0.6) is 0 Å². The lowest BCUT2D eigenvalue weighted by Gasteiger charge is -2.07. The smallest absolute Gasteiger partial charge is 0.341 e. The molecule has 0 aliphatic heterocycles. The highest BCUT2D eigenvalue weighted by Crippen LogP contribution is 2.23.